The Morgan fingerprint density at radius 3 is 2.79 bits per heavy atom. The Labute approximate surface area is 124 Å². The van der Waals surface area contributed by atoms with Crippen molar-refractivity contribution in [2.24, 2.45) is 5.73 Å². The van der Waals surface area contributed by atoms with E-state index in [4.69, 9.17) is 17.3 Å². The minimum atomic E-state index is -0.437. The van der Waals surface area contributed by atoms with E-state index in [2.05, 4.69) is 21.2 Å². The summed E-state index contributed by atoms with van der Waals surface area (Å²) >= 11 is 9.42. The normalized spacial score (nSPS) is 10.2. The zero-order valence-corrected chi connectivity index (χ0v) is 12.3. The molecule has 0 heterocycles. The number of nitrogens with one attached hydrogen (secondary N) is 1. The number of amides is 1. The van der Waals surface area contributed by atoms with Crippen LogP contribution in [0.25, 0.3) is 0 Å². The Kier molecular flexibility index (Phi) is 4.45. The third-order valence-electron chi connectivity index (χ3n) is 2.64. The van der Waals surface area contributed by atoms with Crippen molar-refractivity contribution in [3.05, 3.63) is 63.1 Å². The van der Waals surface area contributed by atoms with E-state index in [1.807, 2.05) is 24.3 Å². The molecule has 0 aliphatic heterocycles. The molecule has 98 valence electrons. The van der Waals surface area contributed by atoms with Gasteiger partial charge in [-0.25, -0.2) is 0 Å². The van der Waals surface area contributed by atoms with Crippen molar-refractivity contribution < 1.29 is 4.79 Å². The lowest BCUT2D eigenvalue weighted by Crippen LogP contribution is -2.11. The number of hydrogen-bond donors (Lipinski definition) is 2. The third-order valence-corrected chi connectivity index (χ3v) is 3.65. The van der Waals surface area contributed by atoms with Gasteiger partial charge in [-0.05, 0) is 42.0 Å². The molecule has 5 heteroatoms. The molecule has 19 heavy (non-hydrogen) atoms. The lowest BCUT2D eigenvalue weighted by molar-refractivity contribution is 0.100. The fourth-order valence-electron chi connectivity index (χ4n) is 1.66. The number of hydrogen-bond acceptors (Lipinski definition) is 2. The Morgan fingerprint density at radius 2 is 2.05 bits per heavy atom. The molecule has 0 aliphatic rings. The van der Waals surface area contributed by atoms with E-state index in [-0.39, 0.29) is 0 Å². The topological polar surface area (TPSA) is 55.1 Å². The maximum Gasteiger partial charge on any atom is 0.248 e. The van der Waals surface area contributed by atoms with Crippen LogP contribution in [0.4, 0.5) is 5.69 Å². The van der Waals surface area contributed by atoms with Crippen molar-refractivity contribution in [2.45, 2.75) is 6.54 Å². The number of carbonyl (C=O) groups excluding carboxylic acids is 1. The fourth-order valence-corrected chi connectivity index (χ4v) is 2.24. The molecule has 0 unspecified atom stereocenters. The van der Waals surface area contributed by atoms with Gasteiger partial charge >= 0.3 is 0 Å². The highest BCUT2D eigenvalue weighted by molar-refractivity contribution is 9.10. The van der Waals surface area contributed by atoms with Gasteiger partial charge in [0.2, 0.25) is 5.91 Å². The summed E-state index contributed by atoms with van der Waals surface area (Å²) in [6.45, 7) is 0.601. The molecule has 0 radical (unpaired) electrons. The van der Waals surface area contributed by atoms with Gasteiger partial charge in [0, 0.05) is 27.3 Å². The van der Waals surface area contributed by atoms with Crippen molar-refractivity contribution in [1.82, 2.24) is 0 Å². The Balaban J connectivity index is 2.12. The van der Waals surface area contributed by atoms with Gasteiger partial charge in [0.05, 0.1) is 0 Å². The van der Waals surface area contributed by atoms with Gasteiger partial charge < -0.3 is 11.1 Å². The van der Waals surface area contributed by atoms with Crippen molar-refractivity contribution >= 4 is 39.1 Å². The highest BCUT2D eigenvalue weighted by atomic mass is 79.9. The minimum Gasteiger partial charge on any atom is -0.381 e. The average molecular weight is 340 g/mol. The van der Waals surface area contributed by atoms with Crippen molar-refractivity contribution in [1.29, 1.82) is 0 Å². The molecular weight excluding hydrogens is 328 g/mol. The third kappa shape index (κ3) is 3.72. The van der Waals surface area contributed by atoms with Crippen molar-refractivity contribution in [3.63, 3.8) is 0 Å². The number of anilines is 1. The monoisotopic (exact) mass is 338 g/mol. The molecule has 3 N–H and O–H groups in total. The van der Waals surface area contributed by atoms with Crippen LogP contribution in [0.15, 0.2) is 46.9 Å². The smallest absolute Gasteiger partial charge is 0.248 e. The molecule has 0 bridgehead atoms. The second-order valence-electron chi connectivity index (χ2n) is 4.03. The van der Waals surface area contributed by atoms with Crippen molar-refractivity contribution in [2.75, 3.05) is 5.32 Å². The van der Waals surface area contributed by atoms with E-state index in [1.165, 1.54) is 0 Å². The molecule has 3 nitrogen and oxygen atoms in total. The summed E-state index contributed by atoms with van der Waals surface area (Å²) in [7, 11) is 0. The number of rotatable bonds is 4. The first-order valence-corrected chi connectivity index (χ1v) is 6.81. The molecule has 2 rings (SSSR count). The van der Waals surface area contributed by atoms with Crippen LogP contribution >= 0.6 is 27.5 Å². The molecule has 0 spiro atoms. The Hall–Kier alpha value is -1.52. The van der Waals surface area contributed by atoms with Crippen LogP contribution in [0.3, 0.4) is 0 Å². The molecule has 0 aliphatic carbocycles. The maximum absolute atomic E-state index is 11.1. The standard InChI is InChI=1S/C14H12BrClN2O/c15-13-5-4-11(16)6-10(13)8-18-12-3-1-2-9(7-12)14(17)19/h1-7,18H,8H2,(H2,17,19). The summed E-state index contributed by atoms with van der Waals surface area (Å²) < 4.78 is 0.982. The predicted octanol–water partition coefficient (Wildman–Crippen LogP) is 3.81. The van der Waals surface area contributed by atoms with Crippen molar-refractivity contribution in [3.8, 4) is 0 Å². The Morgan fingerprint density at radius 1 is 1.26 bits per heavy atom. The first-order valence-electron chi connectivity index (χ1n) is 5.64. The van der Waals surface area contributed by atoms with Gasteiger partial charge in [0.15, 0.2) is 0 Å². The number of primary amides is 1. The lowest BCUT2D eigenvalue weighted by Gasteiger charge is -2.09. The lowest BCUT2D eigenvalue weighted by atomic mass is 10.2. The average Bonchev–Trinajstić information content (AvgIpc) is 2.40. The van der Waals surface area contributed by atoms with E-state index >= 15 is 0 Å². The van der Waals surface area contributed by atoms with Crippen LogP contribution in [-0.2, 0) is 6.54 Å². The molecule has 0 fully saturated rings. The quantitative estimate of drug-likeness (QED) is 0.890. The van der Waals surface area contributed by atoms with Gasteiger partial charge in [0.25, 0.3) is 0 Å². The second-order valence-corrected chi connectivity index (χ2v) is 5.33. The van der Waals surface area contributed by atoms with E-state index < -0.39 is 5.91 Å². The second kappa shape index (κ2) is 6.08. The van der Waals surface area contributed by atoms with E-state index in [9.17, 15) is 4.79 Å². The summed E-state index contributed by atoms with van der Waals surface area (Å²) in [5.74, 6) is -0.437. The SMILES string of the molecule is NC(=O)c1cccc(NCc2cc(Cl)ccc2Br)c1. The first kappa shape index (κ1) is 13.9. The van der Waals surface area contributed by atoms with Gasteiger partial charge in [-0.2, -0.15) is 0 Å². The van der Waals surface area contributed by atoms with Gasteiger partial charge in [0.1, 0.15) is 0 Å². The molecular formula is C14H12BrClN2O. The van der Waals surface area contributed by atoms with Gasteiger partial charge in [-0.15, -0.1) is 0 Å². The molecule has 0 saturated heterocycles. The summed E-state index contributed by atoms with van der Waals surface area (Å²) in [5.41, 5.74) is 7.60. The summed E-state index contributed by atoms with van der Waals surface area (Å²) in [5, 5.41) is 3.91. The van der Waals surface area contributed by atoms with E-state index in [0.717, 1.165) is 15.7 Å². The van der Waals surface area contributed by atoms with E-state index in [0.29, 0.717) is 17.1 Å². The first-order chi connectivity index (χ1) is 9.06. The van der Waals surface area contributed by atoms with Crippen LogP contribution in [0, 0.1) is 0 Å². The fraction of sp³-hybridized carbons (Fsp3) is 0.0714. The number of carbonyl (C=O) groups is 1. The van der Waals surface area contributed by atoms with E-state index in [1.54, 1.807) is 18.2 Å². The highest BCUT2D eigenvalue weighted by Gasteiger charge is 2.03. The molecule has 2 aromatic rings. The zero-order chi connectivity index (χ0) is 13.8. The molecule has 0 atom stereocenters. The van der Waals surface area contributed by atoms with Crippen LogP contribution in [-0.4, -0.2) is 5.91 Å². The minimum absolute atomic E-state index is 0.437. The van der Waals surface area contributed by atoms with Gasteiger partial charge in [-0.1, -0.05) is 33.6 Å². The number of nitrogens with two attached hydrogens (primary N) is 1. The van der Waals surface area contributed by atoms with Gasteiger partial charge in [-0.3, -0.25) is 4.79 Å². The summed E-state index contributed by atoms with van der Waals surface area (Å²) in [6, 6.07) is 12.7. The largest absolute Gasteiger partial charge is 0.381 e. The highest BCUT2D eigenvalue weighted by Crippen LogP contribution is 2.22. The summed E-state index contributed by atoms with van der Waals surface area (Å²) in [6.07, 6.45) is 0. The Bertz CT molecular complexity index is 616. The molecule has 1 amide bonds. The molecule has 2 aromatic carbocycles. The van der Waals surface area contributed by atoms with Crippen LogP contribution in [0.1, 0.15) is 15.9 Å². The number of halogens is 2. The van der Waals surface area contributed by atoms with Crippen LogP contribution in [0.5, 0.6) is 0 Å². The number of benzene rings is 2. The zero-order valence-electron chi connectivity index (χ0n) is 9.99. The van der Waals surface area contributed by atoms with Crippen LogP contribution in [0.2, 0.25) is 5.02 Å². The van der Waals surface area contributed by atoms with Crippen LogP contribution < -0.4 is 11.1 Å². The maximum atomic E-state index is 11.1. The molecule has 0 saturated carbocycles. The summed E-state index contributed by atoms with van der Waals surface area (Å²) in [4.78, 5) is 11.1. The molecule has 0 aromatic heterocycles. The predicted molar refractivity (Wildman–Crippen MR) is 81.4 cm³/mol.